The van der Waals surface area contributed by atoms with Crippen LogP contribution in [-0.4, -0.2) is 8.32 Å². The van der Waals surface area contributed by atoms with E-state index in [2.05, 4.69) is 77.4 Å². The number of benzene rings is 1. The van der Waals surface area contributed by atoms with Crippen LogP contribution < -0.4 is 0 Å². The van der Waals surface area contributed by atoms with Gasteiger partial charge in [-0.25, -0.2) is 0 Å². The molecule has 0 aromatic heterocycles. The fraction of sp³-hybridized carbons (Fsp3) is 0.455. The van der Waals surface area contributed by atoms with Crippen molar-refractivity contribution in [3.05, 3.63) is 66.8 Å². The molecular formula is C22H34OSi. The highest BCUT2D eigenvalue weighted by atomic mass is 28.4. The third-order valence-corrected chi connectivity index (χ3v) is 9.12. The lowest BCUT2D eigenvalue weighted by molar-refractivity contribution is 0.451. The van der Waals surface area contributed by atoms with Crippen LogP contribution in [0, 0.1) is 0 Å². The van der Waals surface area contributed by atoms with E-state index in [1.165, 1.54) is 11.1 Å². The zero-order valence-electron chi connectivity index (χ0n) is 16.2. The molecule has 0 aliphatic heterocycles. The molecule has 0 fully saturated rings. The van der Waals surface area contributed by atoms with Crippen molar-refractivity contribution in [3.63, 3.8) is 0 Å². The maximum Gasteiger partial charge on any atom is 0.250 e. The van der Waals surface area contributed by atoms with E-state index >= 15 is 0 Å². The molecule has 0 N–H and O–H groups in total. The highest BCUT2D eigenvalue weighted by Crippen LogP contribution is 2.41. The van der Waals surface area contributed by atoms with Crippen LogP contribution in [0.5, 0.6) is 0 Å². The van der Waals surface area contributed by atoms with Crippen LogP contribution in [0.25, 0.3) is 5.76 Å². The molecule has 0 heterocycles. The fourth-order valence-electron chi connectivity index (χ4n) is 2.28. The summed E-state index contributed by atoms with van der Waals surface area (Å²) >= 11 is 0. The Morgan fingerprint density at radius 2 is 1.71 bits per heavy atom. The summed E-state index contributed by atoms with van der Waals surface area (Å²) in [4.78, 5) is 0. The van der Waals surface area contributed by atoms with Gasteiger partial charge in [0.1, 0.15) is 5.76 Å². The van der Waals surface area contributed by atoms with Crippen molar-refractivity contribution in [2.75, 3.05) is 0 Å². The Hall–Kier alpha value is -1.54. The largest absolute Gasteiger partial charge is 0.543 e. The van der Waals surface area contributed by atoms with Crippen LogP contribution in [0.2, 0.25) is 18.1 Å². The first-order chi connectivity index (χ1) is 11.2. The zero-order valence-corrected chi connectivity index (χ0v) is 17.2. The smallest absolute Gasteiger partial charge is 0.250 e. The fourth-order valence-corrected chi connectivity index (χ4v) is 3.35. The number of hydrogen-bond acceptors (Lipinski definition) is 1. The molecular weight excluding hydrogens is 308 g/mol. The first-order valence-electron chi connectivity index (χ1n) is 8.91. The normalized spacial score (nSPS) is 13.2. The first kappa shape index (κ1) is 20.5. The van der Waals surface area contributed by atoms with Gasteiger partial charge < -0.3 is 4.43 Å². The summed E-state index contributed by atoms with van der Waals surface area (Å²) in [6.45, 7) is 19.3. The van der Waals surface area contributed by atoms with Crippen molar-refractivity contribution in [3.8, 4) is 0 Å². The Kier molecular flexibility index (Phi) is 7.75. The Bertz CT molecular complexity index is 561. The van der Waals surface area contributed by atoms with Gasteiger partial charge in [0.15, 0.2) is 0 Å². The SMILES string of the molecule is C=CCCC/C(CC=C)=C(/O[Si](C)(C)C(C)(C)C)c1ccccc1. The molecule has 1 aromatic rings. The molecule has 0 atom stereocenters. The number of allylic oxidation sites excluding steroid dienone is 3. The average Bonchev–Trinajstić information content (AvgIpc) is 2.52. The molecule has 0 aliphatic carbocycles. The minimum absolute atomic E-state index is 0.174. The van der Waals surface area contributed by atoms with E-state index in [4.69, 9.17) is 4.43 Å². The molecule has 0 aliphatic rings. The second-order valence-corrected chi connectivity index (χ2v) is 12.6. The quantitative estimate of drug-likeness (QED) is 0.197. The van der Waals surface area contributed by atoms with Gasteiger partial charge in [-0.05, 0) is 49.4 Å². The zero-order chi connectivity index (χ0) is 18.2. The van der Waals surface area contributed by atoms with E-state index in [1.807, 2.05) is 12.2 Å². The first-order valence-corrected chi connectivity index (χ1v) is 11.8. The van der Waals surface area contributed by atoms with Crippen LogP contribution >= 0.6 is 0 Å². The summed E-state index contributed by atoms with van der Waals surface area (Å²) in [7, 11) is -1.90. The van der Waals surface area contributed by atoms with Crippen molar-refractivity contribution in [2.24, 2.45) is 0 Å². The summed E-state index contributed by atoms with van der Waals surface area (Å²) in [6, 6.07) is 10.5. The van der Waals surface area contributed by atoms with Crippen LogP contribution in [0.1, 0.15) is 52.0 Å². The van der Waals surface area contributed by atoms with Gasteiger partial charge in [-0.3, -0.25) is 0 Å². The topological polar surface area (TPSA) is 9.23 Å². The van der Waals surface area contributed by atoms with Gasteiger partial charge in [0.05, 0.1) is 0 Å². The van der Waals surface area contributed by atoms with Gasteiger partial charge in [0.2, 0.25) is 0 Å². The monoisotopic (exact) mass is 342 g/mol. The molecule has 0 spiro atoms. The summed E-state index contributed by atoms with van der Waals surface area (Å²) in [5.41, 5.74) is 2.53. The Labute approximate surface area is 150 Å². The second kappa shape index (κ2) is 9.07. The lowest BCUT2D eigenvalue weighted by Crippen LogP contribution is -2.40. The molecule has 0 bridgehead atoms. The molecule has 1 nitrogen and oxygen atoms in total. The van der Waals surface area contributed by atoms with Gasteiger partial charge in [0, 0.05) is 5.56 Å². The van der Waals surface area contributed by atoms with E-state index in [0.717, 1.165) is 31.4 Å². The molecule has 0 saturated carbocycles. The molecule has 0 saturated heterocycles. The Morgan fingerprint density at radius 1 is 1.08 bits per heavy atom. The standard InChI is InChI=1S/C22H34OSi/c1-8-10-12-16-19(15-9-2)21(20-17-13-11-14-18-20)23-24(6,7)22(3,4)5/h8-9,11,13-14,17-18H,1-2,10,12,15-16H2,3-7H3/b21-19+. The molecule has 1 aromatic carbocycles. The lowest BCUT2D eigenvalue weighted by atomic mass is 10.0. The Balaban J connectivity index is 3.31. The van der Waals surface area contributed by atoms with Crippen molar-refractivity contribution in [1.82, 2.24) is 0 Å². The van der Waals surface area contributed by atoms with E-state index in [0.29, 0.717) is 0 Å². The molecule has 2 heteroatoms. The predicted molar refractivity (Wildman–Crippen MR) is 111 cm³/mol. The van der Waals surface area contributed by atoms with Crippen molar-refractivity contribution in [2.45, 2.75) is 64.6 Å². The highest BCUT2D eigenvalue weighted by Gasteiger charge is 2.40. The van der Waals surface area contributed by atoms with Gasteiger partial charge in [-0.1, -0.05) is 63.3 Å². The number of unbranched alkanes of at least 4 members (excludes halogenated alkanes) is 1. The summed E-state index contributed by atoms with van der Waals surface area (Å²) in [6.07, 6.45) is 8.00. The summed E-state index contributed by atoms with van der Waals surface area (Å²) in [5, 5.41) is 0.174. The van der Waals surface area contributed by atoms with Gasteiger partial charge in [-0.15, -0.1) is 13.2 Å². The summed E-state index contributed by atoms with van der Waals surface area (Å²) in [5.74, 6) is 1.08. The van der Waals surface area contributed by atoms with Crippen LogP contribution in [-0.2, 0) is 4.43 Å². The maximum absolute atomic E-state index is 6.78. The number of rotatable bonds is 9. The van der Waals surface area contributed by atoms with Gasteiger partial charge in [-0.2, -0.15) is 0 Å². The second-order valence-electron chi connectivity index (χ2n) is 7.83. The van der Waals surface area contributed by atoms with Crippen molar-refractivity contribution >= 4 is 14.1 Å². The molecule has 0 unspecified atom stereocenters. The third kappa shape index (κ3) is 5.83. The van der Waals surface area contributed by atoms with Crippen molar-refractivity contribution < 1.29 is 4.43 Å². The van der Waals surface area contributed by atoms with Gasteiger partial charge >= 0.3 is 0 Å². The van der Waals surface area contributed by atoms with E-state index in [9.17, 15) is 0 Å². The predicted octanol–water partition coefficient (Wildman–Crippen LogP) is 7.35. The molecule has 24 heavy (non-hydrogen) atoms. The maximum atomic E-state index is 6.78. The third-order valence-electron chi connectivity index (χ3n) is 4.80. The van der Waals surface area contributed by atoms with E-state index in [-0.39, 0.29) is 5.04 Å². The summed E-state index contributed by atoms with van der Waals surface area (Å²) < 4.78 is 6.78. The molecule has 0 amide bonds. The average molecular weight is 343 g/mol. The van der Waals surface area contributed by atoms with Crippen LogP contribution in [0.4, 0.5) is 0 Å². The lowest BCUT2D eigenvalue weighted by Gasteiger charge is -2.38. The minimum atomic E-state index is -1.90. The highest BCUT2D eigenvalue weighted by molar-refractivity contribution is 6.74. The van der Waals surface area contributed by atoms with Crippen LogP contribution in [0.3, 0.4) is 0 Å². The molecule has 132 valence electrons. The van der Waals surface area contributed by atoms with Crippen molar-refractivity contribution in [1.29, 1.82) is 0 Å². The molecule has 0 radical (unpaired) electrons. The van der Waals surface area contributed by atoms with E-state index < -0.39 is 8.32 Å². The minimum Gasteiger partial charge on any atom is -0.543 e. The van der Waals surface area contributed by atoms with E-state index in [1.54, 1.807) is 0 Å². The van der Waals surface area contributed by atoms with Gasteiger partial charge in [0.25, 0.3) is 8.32 Å². The molecule has 1 rings (SSSR count). The Morgan fingerprint density at radius 3 is 2.21 bits per heavy atom. The number of hydrogen-bond donors (Lipinski definition) is 0. The van der Waals surface area contributed by atoms with Crippen LogP contribution in [0.15, 0.2) is 61.2 Å².